The zero-order chi connectivity index (χ0) is 11.6. The van der Waals surface area contributed by atoms with Crippen LogP contribution in [0.15, 0.2) is 24.3 Å². The predicted molar refractivity (Wildman–Crippen MR) is 63.5 cm³/mol. The molecule has 17 heavy (non-hydrogen) atoms. The van der Waals surface area contributed by atoms with Crippen LogP contribution in [0.4, 0.5) is 13.2 Å². The molecule has 0 amide bonds. The van der Waals surface area contributed by atoms with Crippen molar-refractivity contribution in [1.82, 2.24) is 5.32 Å². The fourth-order valence-corrected chi connectivity index (χ4v) is 2.11. The topological polar surface area (TPSA) is 12.0 Å². The Bertz CT molecular complexity index is 359. The first-order chi connectivity index (χ1) is 7.57. The third-order valence-electron chi connectivity index (χ3n) is 2.98. The molecule has 0 bridgehead atoms. The van der Waals surface area contributed by atoms with Crippen LogP contribution in [0.3, 0.4) is 0 Å². The molecule has 1 heterocycles. The van der Waals surface area contributed by atoms with Gasteiger partial charge in [0.05, 0.1) is 5.56 Å². The summed E-state index contributed by atoms with van der Waals surface area (Å²) in [6, 6.07) is 5.68. The number of rotatable bonds is 1. The molecule has 5 heteroatoms. The van der Waals surface area contributed by atoms with E-state index in [1.165, 1.54) is 12.1 Å². The van der Waals surface area contributed by atoms with Gasteiger partial charge in [-0.05, 0) is 36.9 Å². The second kappa shape index (κ2) is 5.74. The largest absolute Gasteiger partial charge is 0.416 e. The van der Waals surface area contributed by atoms with E-state index in [0.29, 0.717) is 0 Å². The summed E-state index contributed by atoms with van der Waals surface area (Å²) in [5, 5.41) is 3.21. The van der Waals surface area contributed by atoms with Gasteiger partial charge in [-0.1, -0.05) is 18.2 Å². The van der Waals surface area contributed by atoms with Gasteiger partial charge in [0.1, 0.15) is 0 Å². The lowest BCUT2D eigenvalue weighted by Crippen LogP contribution is -2.28. The van der Waals surface area contributed by atoms with Gasteiger partial charge in [0.2, 0.25) is 0 Å². The van der Waals surface area contributed by atoms with Gasteiger partial charge in [-0.3, -0.25) is 0 Å². The van der Waals surface area contributed by atoms with Crippen LogP contribution >= 0.6 is 12.4 Å². The number of alkyl halides is 3. The van der Waals surface area contributed by atoms with Crippen LogP contribution < -0.4 is 5.32 Å². The van der Waals surface area contributed by atoms with E-state index in [2.05, 4.69) is 5.32 Å². The van der Waals surface area contributed by atoms with Crippen molar-refractivity contribution < 1.29 is 13.2 Å². The summed E-state index contributed by atoms with van der Waals surface area (Å²) in [6.45, 7) is 1.75. The SMILES string of the molecule is Cl.FC(F)(F)c1cccc([C@H]2CCCNC2)c1. The molecular weight excluding hydrogens is 251 g/mol. The Morgan fingerprint density at radius 3 is 2.59 bits per heavy atom. The standard InChI is InChI=1S/C12H14F3N.ClH/c13-12(14,15)11-5-1-3-9(7-11)10-4-2-6-16-8-10;/h1,3,5,7,10,16H,2,4,6,8H2;1H/t10-;/m0./s1. The molecule has 1 aliphatic rings. The maximum atomic E-state index is 12.5. The number of piperidine rings is 1. The Kier molecular flexibility index (Phi) is 4.83. The average molecular weight is 266 g/mol. The third kappa shape index (κ3) is 3.61. The molecule has 0 spiro atoms. The monoisotopic (exact) mass is 265 g/mol. The van der Waals surface area contributed by atoms with E-state index in [9.17, 15) is 13.2 Å². The number of nitrogens with one attached hydrogen (secondary N) is 1. The molecule has 0 radical (unpaired) electrons. The molecule has 0 saturated carbocycles. The molecule has 1 N–H and O–H groups in total. The highest BCUT2D eigenvalue weighted by atomic mass is 35.5. The van der Waals surface area contributed by atoms with Crippen molar-refractivity contribution in [2.24, 2.45) is 0 Å². The van der Waals surface area contributed by atoms with Gasteiger partial charge in [0.15, 0.2) is 0 Å². The Morgan fingerprint density at radius 1 is 1.24 bits per heavy atom. The summed E-state index contributed by atoms with van der Waals surface area (Å²) in [5.41, 5.74) is 0.248. The lowest BCUT2D eigenvalue weighted by atomic mass is 9.91. The summed E-state index contributed by atoms with van der Waals surface area (Å²) in [6.07, 6.45) is -2.24. The van der Waals surface area contributed by atoms with E-state index in [1.807, 2.05) is 0 Å². The molecule has 96 valence electrons. The summed E-state index contributed by atoms with van der Waals surface area (Å²) in [5.74, 6) is 0.219. The Balaban J connectivity index is 0.00000144. The van der Waals surface area contributed by atoms with Crippen LogP contribution in [0.25, 0.3) is 0 Å². The molecule has 2 rings (SSSR count). The van der Waals surface area contributed by atoms with E-state index >= 15 is 0 Å². The van der Waals surface area contributed by atoms with Crippen LogP contribution in [-0.2, 0) is 6.18 Å². The zero-order valence-corrected chi connectivity index (χ0v) is 10.1. The molecule has 1 aromatic rings. The van der Waals surface area contributed by atoms with Gasteiger partial charge >= 0.3 is 6.18 Å². The van der Waals surface area contributed by atoms with Gasteiger partial charge in [-0.25, -0.2) is 0 Å². The Hall–Kier alpha value is -0.740. The molecule has 1 fully saturated rings. The molecular formula is C12H15ClF3N. The number of halogens is 4. The summed E-state index contributed by atoms with van der Waals surface area (Å²) in [7, 11) is 0. The summed E-state index contributed by atoms with van der Waals surface area (Å²) >= 11 is 0. The molecule has 1 aliphatic heterocycles. The van der Waals surface area contributed by atoms with Crippen molar-refractivity contribution in [1.29, 1.82) is 0 Å². The van der Waals surface area contributed by atoms with Crippen LogP contribution in [0, 0.1) is 0 Å². The zero-order valence-electron chi connectivity index (χ0n) is 9.26. The average Bonchev–Trinajstić information content (AvgIpc) is 2.29. The molecule has 1 saturated heterocycles. The fourth-order valence-electron chi connectivity index (χ4n) is 2.11. The van der Waals surface area contributed by atoms with E-state index in [-0.39, 0.29) is 18.3 Å². The van der Waals surface area contributed by atoms with E-state index < -0.39 is 11.7 Å². The van der Waals surface area contributed by atoms with Gasteiger partial charge in [0.25, 0.3) is 0 Å². The first-order valence-corrected chi connectivity index (χ1v) is 5.45. The van der Waals surface area contributed by atoms with Crippen molar-refractivity contribution in [3.8, 4) is 0 Å². The van der Waals surface area contributed by atoms with Crippen molar-refractivity contribution >= 4 is 12.4 Å². The second-order valence-corrected chi connectivity index (χ2v) is 4.17. The van der Waals surface area contributed by atoms with Gasteiger partial charge < -0.3 is 5.32 Å². The van der Waals surface area contributed by atoms with Crippen molar-refractivity contribution in [3.63, 3.8) is 0 Å². The van der Waals surface area contributed by atoms with E-state index in [0.717, 1.165) is 37.6 Å². The summed E-state index contributed by atoms with van der Waals surface area (Å²) < 4.78 is 37.6. The van der Waals surface area contributed by atoms with Crippen molar-refractivity contribution in [3.05, 3.63) is 35.4 Å². The van der Waals surface area contributed by atoms with Crippen LogP contribution in [-0.4, -0.2) is 13.1 Å². The van der Waals surface area contributed by atoms with Crippen LogP contribution in [0.1, 0.15) is 29.9 Å². The molecule has 1 atom stereocenters. The minimum Gasteiger partial charge on any atom is -0.316 e. The van der Waals surface area contributed by atoms with Gasteiger partial charge in [-0.15, -0.1) is 12.4 Å². The highest BCUT2D eigenvalue weighted by Crippen LogP contribution is 2.32. The lowest BCUT2D eigenvalue weighted by molar-refractivity contribution is -0.137. The number of benzene rings is 1. The quantitative estimate of drug-likeness (QED) is 0.818. The van der Waals surface area contributed by atoms with E-state index in [4.69, 9.17) is 0 Å². The minimum atomic E-state index is -4.24. The highest BCUT2D eigenvalue weighted by Gasteiger charge is 2.31. The van der Waals surface area contributed by atoms with Crippen LogP contribution in [0.2, 0.25) is 0 Å². The third-order valence-corrected chi connectivity index (χ3v) is 2.98. The normalized spacial score (nSPS) is 20.8. The van der Waals surface area contributed by atoms with Gasteiger partial charge in [0, 0.05) is 6.54 Å². The highest BCUT2D eigenvalue weighted by molar-refractivity contribution is 5.85. The Labute approximate surface area is 105 Å². The van der Waals surface area contributed by atoms with Crippen molar-refractivity contribution in [2.75, 3.05) is 13.1 Å². The smallest absolute Gasteiger partial charge is 0.316 e. The first-order valence-electron chi connectivity index (χ1n) is 5.45. The van der Waals surface area contributed by atoms with E-state index in [1.54, 1.807) is 6.07 Å². The minimum absolute atomic E-state index is 0. The second-order valence-electron chi connectivity index (χ2n) is 4.17. The number of hydrogen-bond donors (Lipinski definition) is 1. The molecule has 1 aromatic carbocycles. The predicted octanol–water partition coefficient (Wildman–Crippen LogP) is 3.59. The van der Waals surface area contributed by atoms with Gasteiger partial charge in [-0.2, -0.15) is 13.2 Å². The fraction of sp³-hybridized carbons (Fsp3) is 0.500. The maximum Gasteiger partial charge on any atom is 0.416 e. The number of hydrogen-bond acceptors (Lipinski definition) is 1. The molecule has 1 nitrogen and oxygen atoms in total. The molecule has 0 unspecified atom stereocenters. The molecule has 0 aromatic heterocycles. The van der Waals surface area contributed by atoms with Crippen LogP contribution in [0.5, 0.6) is 0 Å². The molecule has 0 aliphatic carbocycles. The summed E-state index contributed by atoms with van der Waals surface area (Å²) in [4.78, 5) is 0. The maximum absolute atomic E-state index is 12.5. The van der Waals surface area contributed by atoms with Crippen molar-refractivity contribution in [2.45, 2.75) is 24.9 Å². The Morgan fingerprint density at radius 2 is 2.00 bits per heavy atom. The first kappa shape index (κ1) is 14.3. The lowest BCUT2D eigenvalue weighted by Gasteiger charge is -2.23.